The molecule has 4 aromatic rings. The number of carbonyl (C=O) groups is 1. The molecular formula is C20H21N9O4. The molecule has 0 aliphatic rings. The fraction of sp³-hybridized carbons (Fsp3) is 0.200. The van der Waals surface area contributed by atoms with Crippen LogP contribution in [-0.4, -0.2) is 56.6 Å². The SMILES string of the molecule is COc1cc(CNCCNC(=O)c2nonc2N)ccc1Oc1nnnn1-c1ccccc1. The van der Waals surface area contributed by atoms with Crippen LogP contribution in [0.25, 0.3) is 5.69 Å². The third-order valence-corrected chi connectivity index (χ3v) is 4.52. The maximum absolute atomic E-state index is 11.9. The highest BCUT2D eigenvalue weighted by molar-refractivity contribution is 5.95. The standard InChI is InChI=1S/C20H21N9O4/c1-31-16-11-13(12-22-9-10-23-19(30)17-18(21)26-33-25-17)7-8-15(16)32-20-24-27-28-29(20)14-5-3-2-4-6-14/h2-8,11,22H,9-10,12H2,1H3,(H2,21,26)(H,23,30). The lowest BCUT2D eigenvalue weighted by molar-refractivity contribution is 0.0944. The van der Waals surface area contributed by atoms with Gasteiger partial charge in [-0.1, -0.05) is 29.4 Å². The molecule has 0 aliphatic heterocycles. The third-order valence-electron chi connectivity index (χ3n) is 4.52. The highest BCUT2D eigenvalue weighted by Crippen LogP contribution is 2.32. The van der Waals surface area contributed by atoms with Crippen molar-refractivity contribution in [3.8, 4) is 23.2 Å². The van der Waals surface area contributed by atoms with E-state index in [4.69, 9.17) is 15.2 Å². The number of para-hydroxylation sites is 1. The minimum absolute atomic E-state index is 0.0337. The summed E-state index contributed by atoms with van der Waals surface area (Å²) in [5.74, 6) is 0.503. The number of nitrogens with one attached hydrogen (secondary N) is 2. The Kier molecular flexibility index (Phi) is 6.70. The normalized spacial score (nSPS) is 10.7. The summed E-state index contributed by atoms with van der Waals surface area (Å²) in [4.78, 5) is 11.9. The molecule has 0 radical (unpaired) electrons. The number of hydrogen-bond acceptors (Lipinski definition) is 11. The molecule has 13 heteroatoms. The summed E-state index contributed by atoms with van der Waals surface area (Å²) >= 11 is 0. The van der Waals surface area contributed by atoms with E-state index in [0.29, 0.717) is 31.1 Å². The Balaban J connectivity index is 1.32. The van der Waals surface area contributed by atoms with Crippen LogP contribution >= 0.6 is 0 Å². The molecule has 2 aromatic carbocycles. The zero-order valence-electron chi connectivity index (χ0n) is 17.6. The van der Waals surface area contributed by atoms with Gasteiger partial charge in [-0.2, -0.15) is 4.68 Å². The molecule has 0 saturated carbocycles. The number of methoxy groups -OCH3 is 1. The molecule has 4 N–H and O–H groups in total. The fourth-order valence-corrected chi connectivity index (χ4v) is 2.91. The number of rotatable bonds is 10. The quantitative estimate of drug-likeness (QED) is 0.293. The predicted molar refractivity (Wildman–Crippen MR) is 115 cm³/mol. The van der Waals surface area contributed by atoms with Crippen molar-refractivity contribution in [2.75, 3.05) is 25.9 Å². The minimum atomic E-state index is -0.448. The van der Waals surface area contributed by atoms with Gasteiger partial charge in [-0.25, -0.2) is 4.63 Å². The molecule has 0 atom stereocenters. The lowest BCUT2D eigenvalue weighted by Gasteiger charge is -2.12. The smallest absolute Gasteiger partial charge is 0.346 e. The molecule has 0 saturated heterocycles. The van der Waals surface area contributed by atoms with Gasteiger partial charge >= 0.3 is 6.01 Å². The second kappa shape index (κ2) is 10.2. The lowest BCUT2D eigenvalue weighted by atomic mass is 10.2. The third kappa shape index (κ3) is 5.22. The average molecular weight is 451 g/mol. The molecule has 4 rings (SSSR count). The maximum atomic E-state index is 11.9. The van der Waals surface area contributed by atoms with Crippen molar-refractivity contribution in [1.29, 1.82) is 0 Å². The number of ether oxygens (including phenoxy) is 2. The van der Waals surface area contributed by atoms with E-state index >= 15 is 0 Å². The van der Waals surface area contributed by atoms with Crippen LogP contribution in [0.2, 0.25) is 0 Å². The van der Waals surface area contributed by atoms with Crippen LogP contribution in [0.5, 0.6) is 17.5 Å². The van der Waals surface area contributed by atoms with Crippen molar-refractivity contribution in [2.45, 2.75) is 6.54 Å². The predicted octanol–water partition coefficient (Wildman–Crippen LogP) is 0.948. The summed E-state index contributed by atoms with van der Waals surface area (Å²) in [6.45, 7) is 1.43. The number of anilines is 1. The van der Waals surface area contributed by atoms with Crippen molar-refractivity contribution in [3.05, 3.63) is 59.8 Å². The van der Waals surface area contributed by atoms with E-state index in [9.17, 15) is 4.79 Å². The van der Waals surface area contributed by atoms with E-state index < -0.39 is 5.91 Å². The van der Waals surface area contributed by atoms with Crippen LogP contribution in [0.15, 0.2) is 53.2 Å². The van der Waals surface area contributed by atoms with Crippen molar-refractivity contribution in [1.82, 2.24) is 41.2 Å². The summed E-state index contributed by atoms with van der Waals surface area (Å²) < 4.78 is 17.3. The topological polar surface area (TPSA) is 168 Å². The van der Waals surface area contributed by atoms with Gasteiger partial charge in [-0.3, -0.25) is 4.79 Å². The number of carbonyl (C=O) groups excluding carboxylic acids is 1. The Morgan fingerprint density at radius 2 is 1.97 bits per heavy atom. The van der Waals surface area contributed by atoms with Crippen molar-refractivity contribution >= 4 is 11.7 Å². The van der Waals surface area contributed by atoms with Gasteiger partial charge in [0.25, 0.3) is 5.91 Å². The van der Waals surface area contributed by atoms with E-state index in [1.54, 1.807) is 13.2 Å². The van der Waals surface area contributed by atoms with Gasteiger partial charge in [0.2, 0.25) is 11.5 Å². The van der Waals surface area contributed by atoms with Crippen LogP contribution in [-0.2, 0) is 6.54 Å². The van der Waals surface area contributed by atoms with Gasteiger partial charge in [0.05, 0.1) is 12.8 Å². The summed E-state index contributed by atoms with van der Waals surface area (Å²) in [6.07, 6.45) is 0. The number of nitrogen functional groups attached to an aromatic ring is 1. The van der Waals surface area contributed by atoms with E-state index in [-0.39, 0.29) is 17.5 Å². The molecule has 33 heavy (non-hydrogen) atoms. The second-order valence-electron chi connectivity index (χ2n) is 6.73. The summed E-state index contributed by atoms with van der Waals surface area (Å²) in [5.41, 5.74) is 7.18. The van der Waals surface area contributed by atoms with E-state index in [1.165, 1.54) is 4.68 Å². The summed E-state index contributed by atoms with van der Waals surface area (Å²) in [5, 5.41) is 24.4. The molecule has 13 nitrogen and oxygen atoms in total. The highest BCUT2D eigenvalue weighted by atomic mass is 16.6. The molecular weight excluding hydrogens is 430 g/mol. The van der Waals surface area contributed by atoms with Crippen LogP contribution in [0.1, 0.15) is 16.1 Å². The number of tetrazole rings is 1. The molecule has 2 aromatic heterocycles. The minimum Gasteiger partial charge on any atom is -0.493 e. The van der Waals surface area contributed by atoms with Gasteiger partial charge in [0, 0.05) is 19.6 Å². The van der Waals surface area contributed by atoms with Crippen LogP contribution in [0, 0.1) is 0 Å². The number of hydrogen-bond donors (Lipinski definition) is 3. The van der Waals surface area contributed by atoms with Gasteiger partial charge in [0.15, 0.2) is 11.5 Å². The van der Waals surface area contributed by atoms with E-state index in [0.717, 1.165) is 11.3 Å². The monoisotopic (exact) mass is 451 g/mol. The molecule has 0 bridgehead atoms. The first-order valence-corrected chi connectivity index (χ1v) is 9.91. The molecule has 170 valence electrons. The van der Waals surface area contributed by atoms with Crippen LogP contribution in [0.3, 0.4) is 0 Å². The molecule has 0 aliphatic carbocycles. The van der Waals surface area contributed by atoms with E-state index in [1.807, 2.05) is 42.5 Å². The van der Waals surface area contributed by atoms with Crippen molar-refractivity contribution < 1.29 is 18.9 Å². The first kappa shape index (κ1) is 21.7. The summed E-state index contributed by atoms with van der Waals surface area (Å²) in [7, 11) is 1.56. The Bertz CT molecular complexity index is 1210. The van der Waals surface area contributed by atoms with E-state index in [2.05, 4.69) is 41.1 Å². The number of nitrogens with zero attached hydrogens (tertiary/aromatic N) is 6. The number of benzene rings is 2. The number of amides is 1. The van der Waals surface area contributed by atoms with Crippen LogP contribution in [0.4, 0.5) is 5.82 Å². The van der Waals surface area contributed by atoms with Gasteiger partial charge in [-0.05, 0) is 50.6 Å². The Labute approximate surface area is 187 Å². The molecule has 2 heterocycles. The largest absolute Gasteiger partial charge is 0.493 e. The molecule has 0 fully saturated rings. The molecule has 0 unspecified atom stereocenters. The summed E-state index contributed by atoms with van der Waals surface area (Å²) in [6, 6.07) is 15.1. The zero-order chi connectivity index (χ0) is 23.0. The number of aromatic nitrogens is 6. The fourth-order valence-electron chi connectivity index (χ4n) is 2.91. The zero-order valence-corrected chi connectivity index (χ0v) is 17.6. The number of nitrogens with two attached hydrogens (primary N) is 1. The van der Waals surface area contributed by atoms with Crippen molar-refractivity contribution in [3.63, 3.8) is 0 Å². The molecule has 1 amide bonds. The maximum Gasteiger partial charge on any atom is 0.346 e. The first-order chi connectivity index (χ1) is 16.2. The average Bonchev–Trinajstić information content (AvgIpc) is 3.49. The van der Waals surface area contributed by atoms with Gasteiger partial charge < -0.3 is 25.8 Å². The van der Waals surface area contributed by atoms with Gasteiger partial charge in [0.1, 0.15) is 0 Å². The van der Waals surface area contributed by atoms with Crippen LogP contribution < -0.4 is 25.8 Å². The van der Waals surface area contributed by atoms with Crippen molar-refractivity contribution in [2.24, 2.45) is 0 Å². The second-order valence-corrected chi connectivity index (χ2v) is 6.73. The highest BCUT2D eigenvalue weighted by Gasteiger charge is 2.16. The lowest BCUT2D eigenvalue weighted by Crippen LogP contribution is -2.32. The first-order valence-electron chi connectivity index (χ1n) is 9.91. The Morgan fingerprint density at radius 1 is 1.12 bits per heavy atom. The Hall–Kier alpha value is -4.52. The van der Waals surface area contributed by atoms with Gasteiger partial charge in [-0.15, -0.1) is 0 Å². The molecule has 0 spiro atoms. The Morgan fingerprint density at radius 3 is 2.73 bits per heavy atom.